The van der Waals surface area contributed by atoms with Crippen molar-refractivity contribution in [2.24, 2.45) is 20.5 Å². The van der Waals surface area contributed by atoms with E-state index in [1.807, 2.05) is 0 Å². The molecule has 0 bridgehead atoms. The van der Waals surface area contributed by atoms with Crippen LogP contribution in [-0.4, -0.2) is 29.2 Å². The molecule has 0 radical (unpaired) electrons. The third kappa shape index (κ3) is 4.95. The zero-order valence-electron chi connectivity index (χ0n) is 17.3. The minimum absolute atomic E-state index is 0.240. The van der Waals surface area contributed by atoms with Gasteiger partial charge in [0.1, 0.15) is 11.3 Å². The monoisotopic (exact) mass is 476 g/mol. The van der Waals surface area contributed by atoms with E-state index in [4.69, 9.17) is 5.11 Å². The molecular formula is C23H16N4O6S. The molecule has 0 spiro atoms. The van der Waals surface area contributed by atoms with Gasteiger partial charge in [0.05, 0.1) is 27.6 Å². The molecule has 3 N–H and O–H groups in total. The second-order valence-corrected chi connectivity index (χ2v) is 8.45. The number of hydrogen-bond acceptors (Lipinski definition) is 8. The summed E-state index contributed by atoms with van der Waals surface area (Å²) in [6.07, 6.45) is 0. The summed E-state index contributed by atoms with van der Waals surface area (Å²) < 4.78 is 31.9. The number of nitrogens with zero attached hydrogens (tertiary/aromatic N) is 4. The van der Waals surface area contributed by atoms with Crippen molar-refractivity contribution < 1.29 is 28.0 Å². The van der Waals surface area contributed by atoms with E-state index in [1.165, 1.54) is 36.4 Å². The Balaban J connectivity index is 1.69. The maximum atomic E-state index is 11.3. The lowest BCUT2D eigenvalue weighted by atomic mass is 10.1. The zero-order valence-corrected chi connectivity index (χ0v) is 18.1. The maximum absolute atomic E-state index is 11.3. The Bertz CT molecular complexity index is 1580. The van der Waals surface area contributed by atoms with Crippen molar-refractivity contribution in [2.75, 3.05) is 0 Å². The van der Waals surface area contributed by atoms with Crippen LogP contribution in [0, 0.1) is 0 Å². The predicted octanol–water partition coefficient (Wildman–Crippen LogP) is 6.32. The van der Waals surface area contributed by atoms with E-state index in [9.17, 15) is 22.9 Å². The molecule has 0 atom stereocenters. The van der Waals surface area contributed by atoms with Crippen molar-refractivity contribution in [3.8, 4) is 5.75 Å². The number of aromatic hydroxyl groups is 1. The topological polar surface area (TPSA) is 161 Å². The van der Waals surface area contributed by atoms with Crippen molar-refractivity contribution in [1.82, 2.24) is 0 Å². The van der Waals surface area contributed by atoms with Crippen LogP contribution in [0.1, 0.15) is 10.4 Å². The molecule has 0 saturated heterocycles. The minimum atomic E-state index is -4.36. The number of phenols is 1. The van der Waals surface area contributed by atoms with Crippen LogP contribution in [0.2, 0.25) is 0 Å². The van der Waals surface area contributed by atoms with Crippen LogP contribution in [0.4, 0.5) is 22.7 Å². The number of carboxylic acids is 1. The minimum Gasteiger partial charge on any atom is -0.507 e. The average molecular weight is 476 g/mol. The Kier molecular flexibility index (Phi) is 6.13. The van der Waals surface area contributed by atoms with E-state index in [0.717, 1.165) is 0 Å². The van der Waals surface area contributed by atoms with Gasteiger partial charge in [-0.15, -0.1) is 10.2 Å². The molecule has 0 unspecified atom stereocenters. The van der Waals surface area contributed by atoms with Crippen LogP contribution in [0.3, 0.4) is 0 Å². The fraction of sp³-hybridized carbons (Fsp3) is 0. The summed E-state index contributed by atoms with van der Waals surface area (Å²) in [6, 6.07) is 19.9. The third-order valence-corrected chi connectivity index (χ3v) is 5.60. The van der Waals surface area contributed by atoms with E-state index >= 15 is 0 Å². The summed E-state index contributed by atoms with van der Waals surface area (Å²) in [7, 11) is -4.36. The van der Waals surface area contributed by atoms with Crippen LogP contribution in [0.5, 0.6) is 5.75 Å². The average Bonchev–Trinajstić information content (AvgIpc) is 2.82. The van der Waals surface area contributed by atoms with Gasteiger partial charge in [-0.25, -0.2) is 4.79 Å². The van der Waals surface area contributed by atoms with Crippen molar-refractivity contribution in [3.63, 3.8) is 0 Å². The van der Waals surface area contributed by atoms with Gasteiger partial charge in [-0.1, -0.05) is 30.3 Å². The van der Waals surface area contributed by atoms with Crippen molar-refractivity contribution in [1.29, 1.82) is 0 Å². The quantitative estimate of drug-likeness (QED) is 0.218. The summed E-state index contributed by atoms with van der Waals surface area (Å²) in [6.45, 7) is 0. The first kappa shape index (κ1) is 22.7. The number of carboxylic acid groups (broad SMARTS) is 1. The van der Waals surface area contributed by atoms with Gasteiger partial charge >= 0.3 is 5.97 Å². The molecule has 170 valence electrons. The summed E-state index contributed by atoms with van der Waals surface area (Å²) in [4.78, 5) is 10.9. The maximum Gasteiger partial charge on any atom is 0.339 e. The second-order valence-electron chi connectivity index (χ2n) is 7.03. The first-order valence-electron chi connectivity index (χ1n) is 9.71. The SMILES string of the molecule is O=C(O)c1cc(N=Nc2ccc(N=Nc3cccc(S(=O)(=O)O)c3)c3ccccc23)ccc1O. The highest BCUT2D eigenvalue weighted by molar-refractivity contribution is 7.85. The normalized spacial score (nSPS) is 12.0. The molecule has 0 heterocycles. The Morgan fingerprint density at radius 1 is 0.706 bits per heavy atom. The van der Waals surface area contributed by atoms with Gasteiger partial charge in [-0.2, -0.15) is 18.6 Å². The van der Waals surface area contributed by atoms with Gasteiger partial charge in [0.25, 0.3) is 10.1 Å². The van der Waals surface area contributed by atoms with E-state index < -0.39 is 16.1 Å². The predicted molar refractivity (Wildman–Crippen MR) is 124 cm³/mol. The van der Waals surface area contributed by atoms with Crippen molar-refractivity contribution in [2.45, 2.75) is 4.90 Å². The number of benzene rings is 4. The lowest BCUT2D eigenvalue weighted by Crippen LogP contribution is -1.96. The number of hydrogen-bond donors (Lipinski definition) is 3. The van der Waals surface area contributed by atoms with Gasteiger partial charge < -0.3 is 10.2 Å². The van der Waals surface area contributed by atoms with Gasteiger partial charge in [-0.05, 0) is 48.5 Å². The molecule has 0 amide bonds. The number of carbonyl (C=O) groups is 1. The molecule has 0 aromatic heterocycles. The number of fused-ring (bicyclic) bond motifs is 1. The standard InChI is InChI=1S/C23H16N4O6S/c28-22-11-8-15(13-19(22)23(29)30)25-27-21-10-9-20(17-6-1-2-7-18(17)21)26-24-14-4-3-5-16(12-14)34(31,32)33/h1-13,28H,(H,29,30)(H,31,32,33). The number of aromatic carboxylic acids is 1. The van der Waals surface area contributed by atoms with E-state index in [0.29, 0.717) is 22.1 Å². The summed E-state index contributed by atoms with van der Waals surface area (Å²) in [5.41, 5.74) is 1.19. The molecule has 0 fully saturated rings. The molecule has 0 aliphatic rings. The Labute approximate surface area is 193 Å². The highest BCUT2D eigenvalue weighted by Gasteiger charge is 2.11. The van der Waals surface area contributed by atoms with Gasteiger partial charge in [0, 0.05) is 10.8 Å². The van der Waals surface area contributed by atoms with Crippen LogP contribution in [0.15, 0.2) is 104 Å². The van der Waals surface area contributed by atoms with Gasteiger partial charge in [0.2, 0.25) is 0 Å². The van der Waals surface area contributed by atoms with E-state index in [-0.39, 0.29) is 27.6 Å². The highest BCUT2D eigenvalue weighted by Crippen LogP contribution is 2.35. The van der Waals surface area contributed by atoms with Crippen LogP contribution in [0.25, 0.3) is 10.8 Å². The van der Waals surface area contributed by atoms with Crippen molar-refractivity contribution in [3.05, 3.63) is 84.4 Å². The highest BCUT2D eigenvalue weighted by atomic mass is 32.2. The Morgan fingerprint density at radius 3 is 1.85 bits per heavy atom. The first-order chi connectivity index (χ1) is 16.2. The zero-order chi connectivity index (χ0) is 24.3. The lowest BCUT2D eigenvalue weighted by molar-refractivity contribution is 0.0693. The summed E-state index contributed by atoms with van der Waals surface area (Å²) in [5.74, 6) is -1.65. The van der Waals surface area contributed by atoms with Crippen molar-refractivity contribution >= 4 is 49.6 Å². The lowest BCUT2D eigenvalue weighted by Gasteiger charge is -2.05. The molecule has 4 aromatic rings. The number of azo groups is 2. The first-order valence-corrected chi connectivity index (χ1v) is 11.2. The van der Waals surface area contributed by atoms with E-state index in [2.05, 4.69) is 20.5 Å². The molecule has 10 nitrogen and oxygen atoms in total. The molecular weight excluding hydrogens is 460 g/mol. The fourth-order valence-corrected chi connectivity index (χ4v) is 3.65. The molecule has 0 aliphatic carbocycles. The summed E-state index contributed by atoms with van der Waals surface area (Å²) >= 11 is 0. The molecule has 0 aliphatic heterocycles. The number of rotatable bonds is 6. The van der Waals surface area contributed by atoms with Gasteiger partial charge in [-0.3, -0.25) is 4.55 Å². The summed E-state index contributed by atoms with van der Waals surface area (Å²) in [5, 5.41) is 36.8. The molecule has 4 rings (SSSR count). The molecule has 4 aromatic carbocycles. The Hall–Kier alpha value is -4.48. The molecule has 0 saturated carbocycles. The third-order valence-electron chi connectivity index (χ3n) is 4.75. The van der Waals surface area contributed by atoms with Crippen LogP contribution in [-0.2, 0) is 10.1 Å². The fourth-order valence-electron chi connectivity index (χ4n) is 3.13. The second kappa shape index (κ2) is 9.17. The smallest absolute Gasteiger partial charge is 0.339 e. The molecule has 34 heavy (non-hydrogen) atoms. The van der Waals surface area contributed by atoms with Crippen LogP contribution >= 0.6 is 0 Å². The van der Waals surface area contributed by atoms with E-state index in [1.54, 1.807) is 42.5 Å². The largest absolute Gasteiger partial charge is 0.507 e. The molecule has 11 heteroatoms. The van der Waals surface area contributed by atoms with Gasteiger partial charge in [0.15, 0.2) is 0 Å². The Morgan fingerprint density at radius 2 is 1.29 bits per heavy atom. The van der Waals surface area contributed by atoms with Crippen LogP contribution < -0.4 is 0 Å².